The zero-order valence-corrected chi connectivity index (χ0v) is 53.6. The summed E-state index contributed by atoms with van der Waals surface area (Å²) in [5.41, 5.74) is 35.2. The summed E-state index contributed by atoms with van der Waals surface area (Å²) < 4.78 is 37.4. The van der Waals surface area contributed by atoms with E-state index in [1.54, 1.807) is 18.2 Å². The molecule has 1 aromatic carbocycles. The number of carbonyl (C=O) groups excluding carboxylic acids is 7. The highest BCUT2D eigenvalue weighted by atomic mass is 31.2. The summed E-state index contributed by atoms with van der Waals surface area (Å²) in [7, 11) is -3.58. The summed E-state index contributed by atoms with van der Waals surface area (Å²) in [6, 6.07) is 3.99. The lowest BCUT2D eigenvalue weighted by Crippen LogP contribution is -2.56. The van der Waals surface area contributed by atoms with Crippen molar-refractivity contribution in [1.29, 1.82) is 0 Å². The van der Waals surface area contributed by atoms with E-state index in [1.165, 1.54) is 24.9 Å². The molecule has 28 nitrogen and oxygen atoms in total. The fourth-order valence-corrected chi connectivity index (χ4v) is 16.4. The Kier molecular flexibility index (Phi) is 19.7. The molecule has 6 aliphatic rings. The monoisotopic (exact) mass is 1270 g/mol. The minimum Gasteiger partial charge on any atom is -0.497 e. The third kappa shape index (κ3) is 13.0. The lowest BCUT2D eigenvalue weighted by molar-refractivity contribution is -0.124. The minimum atomic E-state index is -5.08. The number of aliphatic hydroxyl groups is 2. The molecule has 1 unspecified atom stereocenters. The van der Waals surface area contributed by atoms with E-state index in [0.29, 0.717) is 62.2 Å². The Hall–Kier alpha value is -7.20. The number of aromatic nitrogens is 2. The maximum Gasteiger partial charge on any atom is 0.472 e. The van der Waals surface area contributed by atoms with Crippen LogP contribution in [0, 0.1) is 45.3 Å². The molecule has 17 N–H and O–H groups in total. The smallest absolute Gasteiger partial charge is 0.472 e. The first-order valence-corrected chi connectivity index (χ1v) is 31.8. The fourth-order valence-electron chi connectivity index (χ4n) is 15.3. The molecule has 0 saturated carbocycles. The number of hydrogen-bond acceptors (Lipinski definition) is 19. The van der Waals surface area contributed by atoms with E-state index in [-0.39, 0.29) is 77.2 Å². The number of allylic oxidation sites excluding steroid dienone is 6. The van der Waals surface area contributed by atoms with Gasteiger partial charge in [-0.05, 0) is 82.7 Å². The largest absolute Gasteiger partial charge is 0.497 e. The van der Waals surface area contributed by atoms with Crippen molar-refractivity contribution in [3.05, 3.63) is 58.8 Å². The van der Waals surface area contributed by atoms with Gasteiger partial charge in [-0.1, -0.05) is 34.6 Å². The lowest BCUT2D eigenvalue weighted by atomic mass is 9.55. The van der Waals surface area contributed by atoms with Gasteiger partial charge in [0.25, 0.3) is 0 Å². The van der Waals surface area contributed by atoms with Crippen LogP contribution in [-0.2, 0) is 51.9 Å². The van der Waals surface area contributed by atoms with Crippen molar-refractivity contribution in [3.8, 4) is 5.75 Å². The summed E-state index contributed by atoms with van der Waals surface area (Å²) in [4.78, 5) is 126. The van der Waals surface area contributed by atoms with Gasteiger partial charge in [0, 0.05) is 137 Å². The maximum absolute atomic E-state index is 14.4. The number of fused-ring (bicyclic) bond motifs is 7. The Morgan fingerprint density at radius 3 is 2.04 bits per heavy atom. The number of carbonyl (C=O) groups is 7. The van der Waals surface area contributed by atoms with Crippen LogP contribution >= 0.6 is 7.82 Å². The normalized spacial score (nSPS) is 33.6. The first-order chi connectivity index (χ1) is 42.0. The van der Waals surface area contributed by atoms with E-state index < -0.39 is 143 Å². The van der Waals surface area contributed by atoms with Gasteiger partial charge in [0.15, 0.2) is 6.23 Å². The molecule has 2 aromatic rings. The van der Waals surface area contributed by atoms with E-state index in [0.717, 1.165) is 0 Å². The second-order valence-corrected chi connectivity index (χ2v) is 27.9. The maximum atomic E-state index is 14.4. The van der Waals surface area contributed by atoms with Crippen LogP contribution in [0.5, 0.6) is 5.75 Å². The average molecular weight is 1270 g/mol. The topological polar surface area (TPSA) is 469 Å². The number of benzene rings is 1. The predicted molar refractivity (Wildman–Crippen MR) is 331 cm³/mol. The number of amides is 7. The van der Waals surface area contributed by atoms with Gasteiger partial charge < -0.3 is 74.2 Å². The number of aliphatic imine (C=N–C) groups is 3. The Morgan fingerprint density at radius 1 is 0.833 bits per heavy atom. The van der Waals surface area contributed by atoms with Gasteiger partial charge in [0.2, 0.25) is 41.4 Å². The number of aliphatic hydroxyl groups excluding tert-OH is 2. The second kappa shape index (κ2) is 25.8. The molecule has 15 atom stereocenters. The predicted octanol–water partition coefficient (Wildman–Crippen LogP) is 2.56. The molecular formula is C61H88N13O15P. The number of nitrogens with two attached hydrogens (primary N) is 6. The highest BCUT2D eigenvalue weighted by Crippen LogP contribution is 2.63. The molecule has 90 heavy (non-hydrogen) atoms. The van der Waals surface area contributed by atoms with Gasteiger partial charge in [0.05, 0.1) is 48.8 Å². The molecule has 29 heteroatoms. The zero-order valence-electron chi connectivity index (χ0n) is 52.7. The molecule has 8 bridgehead atoms. The van der Waals surface area contributed by atoms with Crippen LogP contribution in [0.15, 0.2) is 73.8 Å². The number of ether oxygens (including phenoxy) is 2. The van der Waals surface area contributed by atoms with E-state index in [4.69, 9.17) is 67.9 Å². The molecule has 8 rings (SSSR count). The minimum absolute atomic E-state index is 0.0170. The zero-order chi connectivity index (χ0) is 66.5. The van der Waals surface area contributed by atoms with Crippen molar-refractivity contribution in [2.45, 2.75) is 175 Å². The van der Waals surface area contributed by atoms with Crippen LogP contribution < -0.4 is 49.8 Å². The average Bonchev–Trinajstić information content (AvgIpc) is 1.53. The van der Waals surface area contributed by atoms with Crippen molar-refractivity contribution in [2.75, 3.05) is 20.3 Å². The van der Waals surface area contributed by atoms with Crippen LogP contribution in [0.2, 0.25) is 0 Å². The molecule has 492 valence electrons. The molecule has 2 saturated heterocycles. The molecule has 1 aromatic heterocycles. The van der Waals surface area contributed by atoms with E-state index in [2.05, 4.69) is 15.6 Å². The lowest BCUT2D eigenvalue weighted by Gasteiger charge is -2.48. The number of primary amides is 6. The number of phosphoric acid groups is 1. The molecule has 2 fully saturated rings. The molecule has 0 radical (unpaired) electrons. The van der Waals surface area contributed by atoms with Crippen LogP contribution in [0.3, 0.4) is 0 Å². The number of nitrogens with one attached hydrogen (secondary N) is 2. The van der Waals surface area contributed by atoms with Crippen LogP contribution in [-0.4, -0.2) is 139 Å². The highest BCUT2D eigenvalue weighted by molar-refractivity contribution is 7.47. The molecular weight excluding hydrogens is 1190 g/mol. The number of rotatable bonds is 27. The fraction of sp³-hybridized carbons (Fsp3) is 0.623. The molecule has 6 aliphatic heterocycles. The highest BCUT2D eigenvalue weighted by Gasteiger charge is 2.66. The first kappa shape index (κ1) is 68.7. The summed E-state index contributed by atoms with van der Waals surface area (Å²) >= 11 is 0. The van der Waals surface area contributed by atoms with Gasteiger partial charge in [-0.2, -0.15) is 0 Å². The SMILES string of the molecule is COc1ccc2c(c1)ncn2[C@H]1O[C@H](CO)[C@@H](OP(=O)(O)O[C@@H](C)CNC(=O)CC[C@@]2(C)C3=N[C@@H]([C@@H]2CC(N)=O)[C@]2(C)N=C(/C(C)=C4\NC(=CC5=N/C(=C\3C)[C@@H](CCC(N)=O)C5(C)C)[C@@H](CCC(N)=O)[C@]4(C)CC(N)=O)[C@@H](CCC(N)=O)[C@]2(C)CC(N)=O)[C@H]1O. The number of hydrogen-bond donors (Lipinski definition) is 11. The summed E-state index contributed by atoms with van der Waals surface area (Å²) in [5.74, 6) is -6.68. The molecule has 0 aliphatic carbocycles. The Bertz CT molecular complexity index is 3500. The van der Waals surface area contributed by atoms with Crippen molar-refractivity contribution in [1.82, 2.24) is 20.2 Å². The molecule has 7 heterocycles. The van der Waals surface area contributed by atoms with Gasteiger partial charge in [-0.15, -0.1) is 0 Å². The Balaban J connectivity index is 1.19. The second-order valence-electron chi connectivity index (χ2n) is 26.5. The number of imidazole rings is 1. The van der Waals surface area contributed by atoms with Crippen molar-refractivity contribution >= 4 is 77.3 Å². The number of phosphoric ester groups is 1. The van der Waals surface area contributed by atoms with Crippen molar-refractivity contribution in [2.24, 2.45) is 94.7 Å². The van der Waals surface area contributed by atoms with Gasteiger partial charge in [0.1, 0.15) is 24.1 Å². The van der Waals surface area contributed by atoms with E-state index in [1.807, 2.05) is 61.5 Å². The Labute approximate surface area is 522 Å². The van der Waals surface area contributed by atoms with Crippen LogP contribution in [0.25, 0.3) is 11.0 Å². The molecule has 0 spiro atoms. The third-order valence-corrected chi connectivity index (χ3v) is 21.3. The quantitative estimate of drug-likeness (QED) is 0.0573. The Morgan fingerprint density at radius 2 is 1.46 bits per heavy atom. The number of nitrogens with zero attached hydrogens (tertiary/aromatic N) is 5. The van der Waals surface area contributed by atoms with Crippen molar-refractivity contribution in [3.63, 3.8) is 0 Å². The summed E-state index contributed by atoms with van der Waals surface area (Å²) in [6.45, 7) is 15.3. The standard InChI is InChI=1S/C61H88N13O15P/c1-29(88-90(84,85)89-52-40(27-75)87-56(51(52)83)74-28-69-38-21-32(86-10)11-15-39(38)74)26-68-48(82)19-20-58(6)36(22-45(65)79)55-61(9)60(8,25-47(67)81)35(14-18-44(64)78)50(73-61)31(3)54-59(7,24-46(66)80)33(12-16-42(62)76)37(70-54)23-41-57(4,5)34(13-17-43(63)77)49(71-41)30(2)53(58)72-55/h11,15,21,23,28-29,33-36,40,51-52,55-56,70,75,83H,12-14,16-20,22,24-27H2,1-10H3,(H2,62,76)(H2,63,77)(H2,64,78)(H2,65,79)(H2,66,80)(H2,67,81)(H,68,82)(H,84,85)/b37-23?,49-30-,54-31-/t29-,33+,34+,35+,36-,40+,51+,52+,55-,56-,58+,59-,60-,61-/m0/s1. The van der Waals surface area contributed by atoms with E-state index >= 15 is 0 Å². The number of methoxy groups -OCH3 is 1. The van der Waals surface area contributed by atoms with Crippen molar-refractivity contribution < 1.29 is 71.8 Å². The van der Waals surface area contributed by atoms with Crippen LogP contribution in [0.4, 0.5) is 0 Å². The van der Waals surface area contributed by atoms with E-state index in [9.17, 15) is 53.2 Å². The van der Waals surface area contributed by atoms with Gasteiger partial charge in [-0.3, -0.25) is 57.6 Å². The van der Waals surface area contributed by atoms with Gasteiger partial charge in [-0.25, -0.2) is 9.55 Å². The van der Waals surface area contributed by atoms with Gasteiger partial charge >= 0.3 is 7.82 Å². The molecule has 7 amide bonds. The third-order valence-electron chi connectivity index (χ3n) is 20.2. The first-order valence-electron chi connectivity index (χ1n) is 30.3. The summed E-state index contributed by atoms with van der Waals surface area (Å²) in [6.07, 6.45) is -4.47. The summed E-state index contributed by atoms with van der Waals surface area (Å²) in [5, 5.41) is 28.1. The van der Waals surface area contributed by atoms with Crippen LogP contribution in [0.1, 0.15) is 139 Å².